The van der Waals surface area contributed by atoms with Crippen LogP contribution in [0, 0.1) is 23.7 Å². The molecule has 3 rings (SSSR count). The van der Waals surface area contributed by atoms with Crippen LogP contribution in [0.4, 0.5) is 0 Å². The fraction of sp³-hybridized carbons (Fsp3) is 0.600. The fourth-order valence-corrected chi connectivity index (χ4v) is 3.96. The average molecular weight is 245 g/mol. The Hall–Kier alpha value is -1.38. The molecule has 0 N–H and O–H groups in total. The summed E-state index contributed by atoms with van der Waals surface area (Å²) in [6.45, 7) is 7.99. The third-order valence-corrected chi connectivity index (χ3v) is 4.54. The Kier molecular flexibility index (Phi) is 2.31. The van der Waals surface area contributed by atoms with E-state index in [1.54, 1.807) is 0 Å². The predicted octanol–water partition coefficient (Wildman–Crippen LogP) is 2.15. The van der Waals surface area contributed by atoms with Crippen molar-refractivity contribution < 1.29 is 9.59 Å². The van der Waals surface area contributed by atoms with E-state index in [0.717, 1.165) is 0 Å². The van der Waals surface area contributed by atoms with Crippen LogP contribution in [0.15, 0.2) is 23.3 Å². The van der Waals surface area contributed by atoms with Crippen molar-refractivity contribution in [2.75, 3.05) is 0 Å². The molecule has 2 aliphatic carbocycles. The lowest BCUT2D eigenvalue weighted by molar-refractivity contribution is -0.142. The van der Waals surface area contributed by atoms with E-state index in [9.17, 15) is 9.59 Å². The van der Waals surface area contributed by atoms with E-state index in [-0.39, 0.29) is 41.5 Å². The molecule has 0 aromatic rings. The molecule has 0 aromatic heterocycles. The first-order valence-electron chi connectivity index (χ1n) is 6.67. The first kappa shape index (κ1) is 11.7. The average Bonchev–Trinajstić information content (AvgIpc) is 2.88. The first-order valence-corrected chi connectivity index (χ1v) is 6.67. The molecule has 3 heteroatoms. The highest BCUT2D eigenvalue weighted by atomic mass is 16.2. The standard InChI is InChI=1S/C15H19NO2/c1-7(2)11-9-5-6-10(11)13-12(9)14(17)16(8(3)4)15(13)18/h5-6,8-10,12-13H,1-4H3/t9-,10-,12-,13-/m1/s1. The molecule has 3 nitrogen and oxygen atoms in total. The molecule has 0 unspecified atom stereocenters. The molecule has 18 heavy (non-hydrogen) atoms. The third kappa shape index (κ3) is 1.20. The van der Waals surface area contributed by atoms with Crippen molar-refractivity contribution in [3.8, 4) is 0 Å². The maximum atomic E-state index is 12.4. The number of allylic oxidation sites excluding steroid dienone is 4. The second kappa shape index (κ2) is 3.56. The summed E-state index contributed by atoms with van der Waals surface area (Å²) >= 11 is 0. The molecule has 2 bridgehead atoms. The largest absolute Gasteiger partial charge is 0.279 e. The van der Waals surface area contributed by atoms with Gasteiger partial charge in [-0.15, -0.1) is 0 Å². The van der Waals surface area contributed by atoms with Crippen LogP contribution in [0.1, 0.15) is 27.7 Å². The van der Waals surface area contributed by atoms with Crippen molar-refractivity contribution in [3.63, 3.8) is 0 Å². The molecule has 0 radical (unpaired) electrons. The van der Waals surface area contributed by atoms with Crippen molar-refractivity contribution in [1.82, 2.24) is 4.90 Å². The van der Waals surface area contributed by atoms with E-state index < -0.39 is 0 Å². The van der Waals surface area contributed by atoms with E-state index in [2.05, 4.69) is 26.0 Å². The van der Waals surface area contributed by atoms with E-state index in [4.69, 9.17) is 0 Å². The minimum absolute atomic E-state index is 0.0230. The van der Waals surface area contributed by atoms with Crippen LogP contribution in [0.25, 0.3) is 0 Å². The van der Waals surface area contributed by atoms with Gasteiger partial charge in [0.2, 0.25) is 11.8 Å². The second-order valence-corrected chi connectivity index (χ2v) is 6.08. The second-order valence-electron chi connectivity index (χ2n) is 6.08. The Morgan fingerprint density at radius 3 is 1.83 bits per heavy atom. The lowest BCUT2D eigenvalue weighted by atomic mass is 9.85. The number of carbonyl (C=O) groups excluding carboxylic acids is 2. The maximum Gasteiger partial charge on any atom is 0.234 e. The summed E-state index contributed by atoms with van der Waals surface area (Å²) in [5.74, 6) is 0.168. The summed E-state index contributed by atoms with van der Waals surface area (Å²) in [6.07, 6.45) is 4.26. The quantitative estimate of drug-likeness (QED) is 0.524. The number of imide groups is 1. The van der Waals surface area contributed by atoms with Crippen LogP contribution in [-0.2, 0) is 9.59 Å². The van der Waals surface area contributed by atoms with E-state index in [1.165, 1.54) is 16.0 Å². The van der Waals surface area contributed by atoms with Crippen LogP contribution in [0.5, 0.6) is 0 Å². The molecular weight excluding hydrogens is 226 g/mol. The van der Waals surface area contributed by atoms with E-state index >= 15 is 0 Å². The maximum absolute atomic E-state index is 12.4. The van der Waals surface area contributed by atoms with Gasteiger partial charge in [0.25, 0.3) is 0 Å². The molecule has 1 heterocycles. The molecule has 2 fully saturated rings. The van der Waals surface area contributed by atoms with Gasteiger partial charge in [0.15, 0.2) is 0 Å². The molecule has 1 saturated carbocycles. The van der Waals surface area contributed by atoms with Gasteiger partial charge in [0, 0.05) is 17.9 Å². The van der Waals surface area contributed by atoms with E-state index in [1.807, 2.05) is 13.8 Å². The number of rotatable bonds is 1. The van der Waals surface area contributed by atoms with Gasteiger partial charge in [0.1, 0.15) is 0 Å². The van der Waals surface area contributed by atoms with Gasteiger partial charge in [0.05, 0.1) is 11.8 Å². The zero-order valence-electron chi connectivity index (χ0n) is 11.3. The minimum atomic E-state index is -0.125. The van der Waals surface area contributed by atoms with Crippen LogP contribution in [0.2, 0.25) is 0 Å². The SMILES string of the molecule is CC(C)=C1[C@H]2C=C[C@H]1[C@H]1C(=O)N(C(C)C)C(=O)[C@@H]12. The Balaban J connectivity index is 2.06. The van der Waals surface area contributed by atoms with Crippen LogP contribution in [0.3, 0.4) is 0 Å². The van der Waals surface area contributed by atoms with Crippen LogP contribution in [-0.4, -0.2) is 22.8 Å². The molecule has 2 amide bonds. The number of carbonyl (C=O) groups is 2. The van der Waals surface area contributed by atoms with E-state index in [0.29, 0.717) is 0 Å². The number of hydrogen-bond donors (Lipinski definition) is 0. The van der Waals surface area contributed by atoms with Gasteiger partial charge < -0.3 is 0 Å². The highest BCUT2D eigenvalue weighted by Gasteiger charge is 2.61. The normalized spacial score (nSPS) is 37.2. The molecule has 1 aliphatic heterocycles. The molecular formula is C15H19NO2. The Bertz CT molecular complexity index is 463. The predicted molar refractivity (Wildman–Crippen MR) is 68.5 cm³/mol. The monoisotopic (exact) mass is 245 g/mol. The number of likely N-dealkylation sites (tertiary alicyclic amines) is 1. The summed E-state index contributed by atoms with van der Waals surface area (Å²) in [6, 6.07) is -0.0230. The first-order chi connectivity index (χ1) is 8.45. The summed E-state index contributed by atoms with van der Waals surface area (Å²) in [7, 11) is 0. The fourth-order valence-electron chi connectivity index (χ4n) is 3.96. The van der Waals surface area contributed by atoms with Crippen molar-refractivity contribution in [2.24, 2.45) is 23.7 Å². The third-order valence-electron chi connectivity index (χ3n) is 4.54. The minimum Gasteiger partial charge on any atom is -0.279 e. The van der Waals surface area contributed by atoms with Crippen molar-refractivity contribution in [3.05, 3.63) is 23.3 Å². The summed E-state index contributed by atoms with van der Waals surface area (Å²) in [5.41, 5.74) is 2.58. The summed E-state index contributed by atoms with van der Waals surface area (Å²) in [4.78, 5) is 26.4. The molecule has 1 saturated heterocycles. The zero-order chi connectivity index (χ0) is 13.2. The number of nitrogens with zero attached hydrogens (tertiary/aromatic N) is 1. The zero-order valence-corrected chi connectivity index (χ0v) is 11.3. The number of fused-ring (bicyclic) bond motifs is 5. The molecule has 4 atom stereocenters. The van der Waals surface area contributed by atoms with Gasteiger partial charge >= 0.3 is 0 Å². The highest BCUT2D eigenvalue weighted by Crippen LogP contribution is 2.56. The summed E-state index contributed by atoms with van der Waals surface area (Å²) in [5, 5.41) is 0. The van der Waals surface area contributed by atoms with Gasteiger partial charge in [-0.1, -0.05) is 23.3 Å². The van der Waals surface area contributed by atoms with Crippen LogP contribution >= 0.6 is 0 Å². The van der Waals surface area contributed by atoms with Gasteiger partial charge in [-0.25, -0.2) is 0 Å². The van der Waals surface area contributed by atoms with Gasteiger partial charge in [-0.3, -0.25) is 14.5 Å². The van der Waals surface area contributed by atoms with Crippen molar-refractivity contribution >= 4 is 11.8 Å². The Morgan fingerprint density at radius 1 is 1.06 bits per heavy atom. The smallest absolute Gasteiger partial charge is 0.234 e. The number of hydrogen-bond acceptors (Lipinski definition) is 2. The summed E-state index contributed by atoms with van der Waals surface area (Å²) < 4.78 is 0. The molecule has 3 aliphatic rings. The van der Waals surface area contributed by atoms with Gasteiger partial charge in [-0.2, -0.15) is 0 Å². The molecule has 96 valence electrons. The lowest BCUT2D eigenvalue weighted by Crippen LogP contribution is -2.38. The topological polar surface area (TPSA) is 37.4 Å². The Morgan fingerprint density at radius 2 is 1.50 bits per heavy atom. The highest BCUT2D eigenvalue weighted by molar-refractivity contribution is 6.07. The van der Waals surface area contributed by atoms with Crippen molar-refractivity contribution in [2.45, 2.75) is 33.7 Å². The number of amides is 2. The Labute approximate surface area is 108 Å². The molecule has 0 aromatic carbocycles. The molecule has 0 spiro atoms. The van der Waals surface area contributed by atoms with Crippen LogP contribution < -0.4 is 0 Å². The van der Waals surface area contributed by atoms with Crippen molar-refractivity contribution in [1.29, 1.82) is 0 Å². The lowest BCUT2D eigenvalue weighted by Gasteiger charge is -2.22. The van der Waals surface area contributed by atoms with Gasteiger partial charge in [-0.05, 0) is 27.7 Å².